The van der Waals surface area contributed by atoms with Crippen LogP contribution in [0.3, 0.4) is 0 Å². The normalized spacial score (nSPS) is 12.5. The van der Waals surface area contributed by atoms with Crippen LogP contribution in [0.4, 0.5) is 17.5 Å². The van der Waals surface area contributed by atoms with Gasteiger partial charge in [0.2, 0.25) is 5.95 Å². The number of carbonyl (C=O) groups excluding carboxylic acids is 1. The number of amides is 1. The fourth-order valence-electron chi connectivity index (χ4n) is 3.99. The Labute approximate surface area is 235 Å². The van der Waals surface area contributed by atoms with E-state index in [1.165, 1.54) is 13.5 Å². The SMILES string of the molecule is CC.CC.CNC(=O)COc1cc2cc(Nc3nc(N4CCCCC4)ncc3Cl)ccc2n(CCOC)c1=O. The van der Waals surface area contributed by atoms with Crippen molar-refractivity contribution in [3.63, 3.8) is 0 Å². The van der Waals surface area contributed by atoms with Crippen molar-refractivity contribution in [1.82, 2.24) is 19.9 Å². The fourth-order valence-corrected chi connectivity index (χ4v) is 4.13. The molecule has 39 heavy (non-hydrogen) atoms. The van der Waals surface area contributed by atoms with Crippen LogP contribution in [-0.4, -0.2) is 60.9 Å². The van der Waals surface area contributed by atoms with Crippen molar-refractivity contribution in [2.45, 2.75) is 53.5 Å². The zero-order valence-electron chi connectivity index (χ0n) is 23.8. The first-order valence-corrected chi connectivity index (χ1v) is 13.9. The van der Waals surface area contributed by atoms with Gasteiger partial charge in [-0.05, 0) is 43.5 Å². The number of methoxy groups -OCH3 is 1. The van der Waals surface area contributed by atoms with Gasteiger partial charge in [-0.1, -0.05) is 39.3 Å². The van der Waals surface area contributed by atoms with E-state index in [0.29, 0.717) is 35.5 Å². The molecule has 1 saturated heterocycles. The molecule has 1 aliphatic rings. The van der Waals surface area contributed by atoms with E-state index < -0.39 is 0 Å². The molecule has 11 heteroatoms. The third-order valence-corrected chi connectivity index (χ3v) is 6.13. The number of benzene rings is 1. The Morgan fingerprint density at radius 2 is 1.82 bits per heavy atom. The summed E-state index contributed by atoms with van der Waals surface area (Å²) in [6.45, 7) is 10.3. The van der Waals surface area contributed by atoms with Gasteiger partial charge in [-0.3, -0.25) is 9.59 Å². The van der Waals surface area contributed by atoms with Crippen LogP contribution < -0.4 is 25.8 Å². The molecule has 3 aromatic rings. The number of anilines is 3. The number of halogens is 1. The first kappa shape index (κ1) is 31.8. The minimum Gasteiger partial charge on any atom is -0.478 e. The molecule has 1 fully saturated rings. The molecule has 2 N–H and O–H groups in total. The molecular formula is C28H41ClN6O4. The first-order valence-electron chi connectivity index (χ1n) is 13.5. The monoisotopic (exact) mass is 560 g/mol. The van der Waals surface area contributed by atoms with Gasteiger partial charge in [-0.25, -0.2) is 4.98 Å². The number of fused-ring (bicyclic) bond motifs is 1. The lowest BCUT2D eigenvalue weighted by molar-refractivity contribution is -0.122. The summed E-state index contributed by atoms with van der Waals surface area (Å²) in [7, 11) is 3.08. The second kappa shape index (κ2) is 16.6. The van der Waals surface area contributed by atoms with Crippen molar-refractivity contribution < 1.29 is 14.3 Å². The Hall–Kier alpha value is -3.37. The molecule has 1 aliphatic heterocycles. The second-order valence-electron chi connectivity index (χ2n) is 8.23. The van der Waals surface area contributed by atoms with Crippen LogP contribution in [0.2, 0.25) is 5.02 Å². The zero-order chi connectivity index (χ0) is 28.8. The Morgan fingerprint density at radius 3 is 2.49 bits per heavy atom. The summed E-state index contributed by atoms with van der Waals surface area (Å²) >= 11 is 6.39. The molecule has 0 bridgehead atoms. The van der Waals surface area contributed by atoms with E-state index in [0.717, 1.165) is 37.0 Å². The van der Waals surface area contributed by atoms with Crippen LogP contribution in [0, 0.1) is 0 Å². The van der Waals surface area contributed by atoms with Gasteiger partial charge in [-0.2, -0.15) is 4.98 Å². The molecule has 0 aliphatic carbocycles. The molecule has 1 aromatic carbocycles. The average Bonchev–Trinajstić information content (AvgIpc) is 2.99. The third kappa shape index (κ3) is 8.56. The van der Waals surface area contributed by atoms with Crippen LogP contribution >= 0.6 is 11.6 Å². The maximum Gasteiger partial charge on any atom is 0.293 e. The van der Waals surface area contributed by atoms with Crippen LogP contribution in [-0.2, 0) is 16.1 Å². The first-order chi connectivity index (χ1) is 19.0. The molecule has 0 unspecified atom stereocenters. The lowest BCUT2D eigenvalue weighted by atomic mass is 10.1. The molecule has 0 radical (unpaired) electrons. The van der Waals surface area contributed by atoms with E-state index >= 15 is 0 Å². The number of hydrogen-bond acceptors (Lipinski definition) is 8. The quantitative estimate of drug-likeness (QED) is 0.376. The van der Waals surface area contributed by atoms with Crippen molar-refractivity contribution >= 4 is 45.9 Å². The molecule has 0 atom stereocenters. The molecule has 3 heterocycles. The highest BCUT2D eigenvalue weighted by Gasteiger charge is 2.16. The van der Waals surface area contributed by atoms with Gasteiger partial charge >= 0.3 is 0 Å². The third-order valence-electron chi connectivity index (χ3n) is 5.85. The predicted molar refractivity (Wildman–Crippen MR) is 159 cm³/mol. The predicted octanol–water partition coefficient (Wildman–Crippen LogP) is 5.00. The summed E-state index contributed by atoms with van der Waals surface area (Å²) in [5.74, 6) is 0.911. The lowest BCUT2D eigenvalue weighted by Crippen LogP contribution is -2.31. The minimum atomic E-state index is -0.329. The van der Waals surface area contributed by atoms with Gasteiger partial charge < -0.3 is 29.6 Å². The molecule has 10 nitrogen and oxygen atoms in total. The molecule has 0 spiro atoms. The highest BCUT2D eigenvalue weighted by molar-refractivity contribution is 6.32. The van der Waals surface area contributed by atoms with Crippen LogP contribution in [0.15, 0.2) is 35.3 Å². The van der Waals surface area contributed by atoms with Crippen LogP contribution in [0.25, 0.3) is 10.9 Å². The van der Waals surface area contributed by atoms with E-state index in [4.69, 9.17) is 21.1 Å². The van der Waals surface area contributed by atoms with Crippen LogP contribution in [0.1, 0.15) is 47.0 Å². The highest BCUT2D eigenvalue weighted by atomic mass is 35.5. The highest BCUT2D eigenvalue weighted by Crippen LogP contribution is 2.28. The van der Waals surface area contributed by atoms with Gasteiger partial charge in [0.15, 0.2) is 18.2 Å². The second-order valence-corrected chi connectivity index (χ2v) is 8.64. The van der Waals surface area contributed by atoms with Gasteiger partial charge in [-0.15, -0.1) is 0 Å². The smallest absolute Gasteiger partial charge is 0.293 e. The maximum atomic E-state index is 13.0. The number of likely N-dealkylation sites (N-methyl/N-ethyl adjacent to an activating group) is 1. The number of rotatable bonds is 9. The van der Waals surface area contributed by atoms with Gasteiger partial charge in [0.1, 0.15) is 5.02 Å². The summed E-state index contributed by atoms with van der Waals surface area (Å²) in [5, 5.41) is 6.91. The van der Waals surface area contributed by atoms with Crippen LogP contribution in [0.5, 0.6) is 5.75 Å². The number of piperidine rings is 1. The van der Waals surface area contributed by atoms with E-state index in [1.807, 2.05) is 45.9 Å². The number of nitrogens with zero attached hydrogens (tertiary/aromatic N) is 4. The van der Waals surface area contributed by atoms with Crippen molar-refractivity contribution in [1.29, 1.82) is 0 Å². The number of pyridine rings is 1. The van der Waals surface area contributed by atoms with E-state index in [-0.39, 0.29) is 23.8 Å². The Kier molecular flexibility index (Phi) is 13.5. The number of ether oxygens (including phenoxy) is 2. The van der Waals surface area contributed by atoms with Crippen molar-refractivity contribution in [2.24, 2.45) is 0 Å². The average molecular weight is 561 g/mol. The molecule has 1 amide bonds. The van der Waals surface area contributed by atoms with E-state index in [9.17, 15) is 9.59 Å². The lowest BCUT2D eigenvalue weighted by Gasteiger charge is -2.26. The van der Waals surface area contributed by atoms with Crippen molar-refractivity contribution in [2.75, 3.05) is 50.7 Å². The summed E-state index contributed by atoms with van der Waals surface area (Å²) < 4.78 is 12.3. The van der Waals surface area contributed by atoms with Crippen molar-refractivity contribution in [3.8, 4) is 5.75 Å². The maximum absolute atomic E-state index is 13.0. The summed E-state index contributed by atoms with van der Waals surface area (Å²) in [6, 6.07) is 7.21. The molecule has 4 rings (SSSR count). The number of carbonyl (C=O) groups is 1. The Morgan fingerprint density at radius 1 is 1.10 bits per heavy atom. The summed E-state index contributed by atoms with van der Waals surface area (Å²) in [5.41, 5.74) is 1.12. The number of nitrogens with one attached hydrogen (secondary N) is 2. The molecule has 0 saturated carbocycles. The van der Waals surface area contributed by atoms with Gasteiger partial charge in [0.05, 0.1) is 18.3 Å². The molecular weight excluding hydrogens is 520 g/mol. The fraction of sp³-hybridized carbons (Fsp3) is 0.500. The molecule has 214 valence electrons. The summed E-state index contributed by atoms with van der Waals surface area (Å²) in [4.78, 5) is 35.9. The number of hydrogen-bond donors (Lipinski definition) is 2. The summed E-state index contributed by atoms with van der Waals surface area (Å²) in [6.07, 6.45) is 5.06. The molecule has 2 aromatic heterocycles. The van der Waals surface area contributed by atoms with E-state index in [1.54, 1.807) is 23.9 Å². The largest absolute Gasteiger partial charge is 0.478 e. The minimum absolute atomic E-state index is 0.0850. The standard InChI is InChI=1S/C24H29ClN6O4.2C2H6/c1-26-21(32)15-35-20-13-16-12-17(6-7-19(16)31(23(20)33)10-11-34-2)28-22-18(25)14-27-24(29-22)30-8-4-3-5-9-30;2*1-2/h6-7,12-14H,3-5,8-11,15H2,1-2H3,(H,26,32)(H,27,28,29);2*1-2H3. The van der Waals surface area contributed by atoms with E-state index in [2.05, 4.69) is 25.5 Å². The zero-order valence-corrected chi connectivity index (χ0v) is 24.6. The Balaban J connectivity index is 0.00000127. The van der Waals surface area contributed by atoms with Gasteiger partial charge in [0.25, 0.3) is 11.5 Å². The number of aromatic nitrogens is 3. The van der Waals surface area contributed by atoms with Crippen molar-refractivity contribution in [3.05, 3.63) is 45.8 Å². The van der Waals surface area contributed by atoms with Gasteiger partial charge in [0, 0.05) is 44.9 Å². The topological polar surface area (TPSA) is 111 Å². The Bertz CT molecular complexity index is 1260.